The third-order valence-corrected chi connectivity index (χ3v) is 3.90. The van der Waals surface area contributed by atoms with Crippen molar-refractivity contribution in [3.8, 4) is 5.82 Å². The zero-order chi connectivity index (χ0) is 15.5. The first-order valence-corrected chi connectivity index (χ1v) is 7.16. The lowest BCUT2D eigenvalue weighted by atomic mass is 9.97. The molecule has 0 fully saturated rings. The first kappa shape index (κ1) is 15.3. The summed E-state index contributed by atoms with van der Waals surface area (Å²) in [4.78, 5) is 12.4. The van der Waals surface area contributed by atoms with Crippen molar-refractivity contribution in [2.75, 3.05) is 6.54 Å². The van der Waals surface area contributed by atoms with Crippen LogP contribution in [-0.2, 0) is 7.05 Å². The molecule has 2 rings (SSSR count). The molecule has 2 aromatic rings. The van der Waals surface area contributed by atoms with E-state index in [1.807, 2.05) is 42.9 Å². The number of carbonyl (C=O) groups is 1. The van der Waals surface area contributed by atoms with E-state index in [0.717, 1.165) is 0 Å². The average Bonchev–Trinajstić information content (AvgIpc) is 3.13. The molecule has 2 N–H and O–H groups in total. The Balaban J connectivity index is 2.18. The maximum atomic E-state index is 12.4. The molecule has 0 atom stereocenters. The highest BCUT2D eigenvalue weighted by Gasteiger charge is 2.24. The second kappa shape index (κ2) is 6.13. The molecule has 0 aliphatic rings. The van der Waals surface area contributed by atoms with Crippen molar-refractivity contribution in [2.24, 2.45) is 7.05 Å². The Bertz CT molecular complexity index is 597. The largest absolute Gasteiger partial charge is 0.388 e. The number of rotatable bonds is 6. The van der Waals surface area contributed by atoms with E-state index >= 15 is 0 Å². The molecule has 114 valence electrons. The van der Waals surface area contributed by atoms with Crippen LogP contribution in [-0.4, -0.2) is 37.5 Å². The lowest BCUT2D eigenvalue weighted by Crippen LogP contribution is -2.42. The number of aromatic nitrogens is 3. The molecule has 6 heteroatoms. The molecule has 0 spiro atoms. The van der Waals surface area contributed by atoms with Gasteiger partial charge in [0.15, 0.2) is 0 Å². The Morgan fingerprint density at radius 3 is 2.52 bits per heavy atom. The molecule has 0 aromatic carbocycles. The van der Waals surface area contributed by atoms with Crippen LogP contribution in [0.1, 0.15) is 37.0 Å². The van der Waals surface area contributed by atoms with Gasteiger partial charge in [0, 0.05) is 26.0 Å². The van der Waals surface area contributed by atoms with Gasteiger partial charge in [-0.05, 0) is 25.0 Å². The van der Waals surface area contributed by atoms with E-state index < -0.39 is 5.60 Å². The Kier molecular flexibility index (Phi) is 4.47. The van der Waals surface area contributed by atoms with Crippen LogP contribution in [0.15, 0.2) is 30.7 Å². The van der Waals surface area contributed by atoms with Gasteiger partial charge in [-0.2, -0.15) is 5.10 Å². The molecule has 2 aromatic heterocycles. The number of hydrogen-bond acceptors (Lipinski definition) is 3. The predicted octanol–water partition coefficient (Wildman–Crippen LogP) is 1.49. The number of hydrogen-bond donors (Lipinski definition) is 2. The Morgan fingerprint density at radius 1 is 1.33 bits per heavy atom. The number of nitrogens with one attached hydrogen (secondary N) is 1. The van der Waals surface area contributed by atoms with Crippen molar-refractivity contribution < 1.29 is 9.90 Å². The summed E-state index contributed by atoms with van der Waals surface area (Å²) < 4.78 is 3.49. The summed E-state index contributed by atoms with van der Waals surface area (Å²) >= 11 is 0. The molecular formula is C15H22N4O2. The van der Waals surface area contributed by atoms with E-state index in [2.05, 4.69) is 10.4 Å². The van der Waals surface area contributed by atoms with E-state index in [4.69, 9.17) is 0 Å². The summed E-state index contributed by atoms with van der Waals surface area (Å²) in [6, 6.07) is 3.78. The topological polar surface area (TPSA) is 72.1 Å². The van der Waals surface area contributed by atoms with Crippen LogP contribution in [0.5, 0.6) is 0 Å². The molecule has 0 saturated carbocycles. The molecule has 0 radical (unpaired) electrons. The fourth-order valence-electron chi connectivity index (χ4n) is 2.21. The quantitative estimate of drug-likeness (QED) is 0.846. The van der Waals surface area contributed by atoms with Gasteiger partial charge in [-0.3, -0.25) is 9.48 Å². The summed E-state index contributed by atoms with van der Waals surface area (Å²) in [5, 5.41) is 17.2. The molecule has 6 nitrogen and oxygen atoms in total. The standard InChI is InChI=1S/C15H22N4O2/c1-4-15(21,5-2)11-16-13(20)12-10-17-18(3)14(12)19-8-6-7-9-19/h6-10,21H,4-5,11H2,1-3H3,(H,16,20). The van der Waals surface area contributed by atoms with Crippen molar-refractivity contribution in [2.45, 2.75) is 32.3 Å². The Morgan fingerprint density at radius 2 is 1.95 bits per heavy atom. The van der Waals surface area contributed by atoms with Gasteiger partial charge >= 0.3 is 0 Å². The van der Waals surface area contributed by atoms with Crippen LogP contribution in [0.25, 0.3) is 5.82 Å². The molecule has 21 heavy (non-hydrogen) atoms. The van der Waals surface area contributed by atoms with Crippen molar-refractivity contribution in [1.29, 1.82) is 0 Å². The maximum Gasteiger partial charge on any atom is 0.256 e. The maximum absolute atomic E-state index is 12.4. The van der Waals surface area contributed by atoms with Crippen LogP contribution in [0.4, 0.5) is 0 Å². The predicted molar refractivity (Wildman–Crippen MR) is 80.4 cm³/mol. The van der Waals surface area contributed by atoms with Crippen molar-refractivity contribution in [3.63, 3.8) is 0 Å². The van der Waals surface area contributed by atoms with E-state index in [-0.39, 0.29) is 12.5 Å². The van der Waals surface area contributed by atoms with Gasteiger partial charge < -0.3 is 15.0 Å². The van der Waals surface area contributed by atoms with Crippen LogP contribution < -0.4 is 5.32 Å². The van der Waals surface area contributed by atoms with Crippen LogP contribution in [0.3, 0.4) is 0 Å². The number of amides is 1. The highest BCUT2D eigenvalue weighted by atomic mass is 16.3. The van der Waals surface area contributed by atoms with Crippen molar-refractivity contribution >= 4 is 5.91 Å². The van der Waals surface area contributed by atoms with Gasteiger partial charge in [0.25, 0.3) is 5.91 Å². The van der Waals surface area contributed by atoms with Crippen LogP contribution in [0.2, 0.25) is 0 Å². The normalized spacial score (nSPS) is 11.6. The molecule has 0 aliphatic carbocycles. The second-order valence-corrected chi connectivity index (χ2v) is 5.21. The van der Waals surface area contributed by atoms with Gasteiger partial charge in [-0.15, -0.1) is 0 Å². The van der Waals surface area contributed by atoms with Gasteiger partial charge in [-0.1, -0.05) is 13.8 Å². The summed E-state index contributed by atoms with van der Waals surface area (Å²) in [7, 11) is 1.79. The first-order valence-electron chi connectivity index (χ1n) is 7.16. The number of carbonyl (C=O) groups excluding carboxylic acids is 1. The van der Waals surface area contributed by atoms with E-state index in [1.165, 1.54) is 0 Å². The highest BCUT2D eigenvalue weighted by Crippen LogP contribution is 2.16. The summed E-state index contributed by atoms with van der Waals surface area (Å²) in [6.07, 6.45) is 6.47. The molecular weight excluding hydrogens is 268 g/mol. The van der Waals surface area contributed by atoms with E-state index in [1.54, 1.807) is 17.9 Å². The number of nitrogens with zero attached hydrogens (tertiary/aromatic N) is 3. The van der Waals surface area contributed by atoms with E-state index in [0.29, 0.717) is 24.2 Å². The zero-order valence-corrected chi connectivity index (χ0v) is 12.7. The van der Waals surface area contributed by atoms with Crippen molar-refractivity contribution in [1.82, 2.24) is 19.7 Å². The monoisotopic (exact) mass is 290 g/mol. The molecule has 2 heterocycles. The lowest BCUT2D eigenvalue weighted by Gasteiger charge is -2.25. The summed E-state index contributed by atoms with van der Waals surface area (Å²) in [6.45, 7) is 4.05. The SMILES string of the molecule is CCC(O)(CC)CNC(=O)c1cnn(C)c1-n1cccc1. The van der Waals surface area contributed by atoms with E-state index in [9.17, 15) is 9.90 Å². The fourth-order valence-corrected chi connectivity index (χ4v) is 2.21. The van der Waals surface area contributed by atoms with Gasteiger partial charge in [0.2, 0.25) is 0 Å². The smallest absolute Gasteiger partial charge is 0.256 e. The van der Waals surface area contributed by atoms with Gasteiger partial charge in [-0.25, -0.2) is 0 Å². The zero-order valence-electron chi connectivity index (χ0n) is 12.7. The minimum absolute atomic E-state index is 0.230. The minimum atomic E-state index is -0.856. The van der Waals surface area contributed by atoms with Crippen LogP contribution >= 0.6 is 0 Å². The third kappa shape index (κ3) is 3.16. The second-order valence-electron chi connectivity index (χ2n) is 5.21. The fraction of sp³-hybridized carbons (Fsp3) is 0.467. The van der Waals surface area contributed by atoms with Crippen molar-refractivity contribution in [3.05, 3.63) is 36.3 Å². The molecule has 0 saturated heterocycles. The average molecular weight is 290 g/mol. The molecule has 0 aliphatic heterocycles. The summed E-state index contributed by atoms with van der Waals surface area (Å²) in [5.74, 6) is 0.473. The third-order valence-electron chi connectivity index (χ3n) is 3.90. The lowest BCUT2D eigenvalue weighted by molar-refractivity contribution is 0.0314. The Labute approximate surface area is 124 Å². The molecule has 0 bridgehead atoms. The highest BCUT2D eigenvalue weighted by molar-refractivity contribution is 5.97. The number of aryl methyl sites for hydroxylation is 1. The minimum Gasteiger partial charge on any atom is -0.388 e. The molecule has 0 unspecified atom stereocenters. The molecule has 1 amide bonds. The summed E-state index contributed by atoms with van der Waals surface area (Å²) in [5.41, 5.74) is -0.367. The Hall–Kier alpha value is -2.08. The van der Waals surface area contributed by atoms with Gasteiger partial charge in [0.05, 0.1) is 11.8 Å². The number of aliphatic hydroxyl groups is 1. The van der Waals surface area contributed by atoms with Crippen LogP contribution in [0, 0.1) is 0 Å². The van der Waals surface area contributed by atoms with Gasteiger partial charge in [0.1, 0.15) is 11.4 Å². The first-order chi connectivity index (χ1) is 10.0.